The number of aromatic amines is 1. The van der Waals surface area contributed by atoms with Gasteiger partial charge in [0.25, 0.3) is 11.5 Å². The van der Waals surface area contributed by atoms with Gasteiger partial charge in [-0.2, -0.15) is 5.10 Å². The van der Waals surface area contributed by atoms with E-state index in [9.17, 15) is 9.59 Å². The minimum atomic E-state index is -0.416. The van der Waals surface area contributed by atoms with Crippen molar-refractivity contribution in [2.75, 3.05) is 5.43 Å². The number of nitrogens with zero attached hydrogens (tertiary/aromatic N) is 4. The zero-order chi connectivity index (χ0) is 21.2. The largest absolute Gasteiger partial charge is 0.291 e. The van der Waals surface area contributed by atoms with Crippen LogP contribution in [0.2, 0.25) is 0 Å². The number of hydrogen-bond acceptors (Lipinski definition) is 6. The first-order valence-electron chi connectivity index (χ1n) is 9.58. The smallest absolute Gasteiger partial charge is 0.271 e. The zero-order valence-corrected chi connectivity index (χ0v) is 16.2. The Balaban J connectivity index is 1.33. The van der Waals surface area contributed by atoms with Gasteiger partial charge >= 0.3 is 0 Å². The van der Waals surface area contributed by atoms with E-state index in [-0.39, 0.29) is 11.5 Å². The van der Waals surface area contributed by atoms with Crippen molar-refractivity contribution in [3.05, 3.63) is 94.5 Å². The van der Waals surface area contributed by atoms with Gasteiger partial charge in [-0.3, -0.25) is 25.4 Å². The molecule has 0 aliphatic heterocycles. The molecule has 0 aliphatic carbocycles. The van der Waals surface area contributed by atoms with E-state index in [0.717, 1.165) is 10.9 Å². The average Bonchev–Trinajstić information content (AvgIpc) is 3.20. The number of pyridine rings is 1. The quantitative estimate of drug-likeness (QED) is 0.383. The highest BCUT2D eigenvalue weighted by Gasteiger charge is 2.11. The maximum atomic E-state index is 12.5. The van der Waals surface area contributed by atoms with Crippen molar-refractivity contribution in [1.82, 2.24) is 30.2 Å². The lowest BCUT2D eigenvalue weighted by Crippen LogP contribution is -2.31. The second kappa shape index (κ2) is 7.71. The molecule has 0 unspecified atom stereocenters. The van der Waals surface area contributed by atoms with Gasteiger partial charge in [-0.05, 0) is 23.8 Å². The van der Waals surface area contributed by atoms with Crippen LogP contribution in [0.1, 0.15) is 15.9 Å². The van der Waals surface area contributed by atoms with Crippen molar-refractivity contribution in [3.63, 3.8) is 0 Å². The molecule has 2 aromatic carbocycles. The Morgan fingerprint density at radius 1 is 1.03 bits per heavy atom. The van der Waals surface area contributed by atoms with Gasteiger partial charge in [0, 0.05) is 11.6 Å². The van der Waals surface area contributed by atoms with Crippen molar-refractivity contribution >= 4 is 33.8 Å². The van der Waals surface area contributed by atoms with Crippen LogP contribution in [-0.2, 0) is 6.54 Å². The number of fused-ring (bicyclic) bond motifs is 2. The maximum absolute atomic E-state index is 12.5. The molecule has 0 radical (unpaired) electrons. The topological polar surface area (TPSA) is 118 Å². The molecule has 0 saturated heterocycles. The highest BCUT2D eigenvalue weighted by atomic mass is 16.2. The molecule has 0 aliphatic rings. The Bertz CT molecular complexity index is 1460. The molecule has 0 bridgehead atoms. The number of nitrogens with one attached hydrogen (secondary N) is 3. The Labute approximate surface area is 175 Å². The summed E-state index contributed by atoms with van der Waals surface area (Å²) in [6.07, 6.45) is 3.16. The van der Waals surface area contributed by atoms with Gasteiger partial charge in [0.1, 0.15) is 0 Å². The third kappa shape index (κ3) is 3.71. The summed E-state index contributed by atoms with van der Waals surface area (Å²) < 4.78 is 1.79. The number of benzene rings is 2. The molecule has 3 heterocycles. The molecular formula is C22H17N7O2. The van der Waals surface area contributed by atoms with Crippen molar-refractivity contribution in [2.45, 2.75) is 6.54 Å². The minimum Gasteiger partial charge on any atom is -0.291 e. The standard InChI is InChI=1S/C22H17N7O2/c30-20(27-28-22-25-18-9-5-4-8-17(18)21(31)26-22)16-10-15-12-24-29(19(15)23-11-16)13-14-6-2-1-3-7-14/h1-12H,13H2,(H,27,30)(H2,25,26,28,31). The van der Waals surface area contributed by atoms with E-state index in [1.165, 1.54) is 6.20 Å². The van der Waals surface area contributed by atoms with Crippen molar-refractivity contribution in [2.24, 2.45) is 0 Å². The molecule has 31 heavy (non-hydrogen) atoms. The Hall–Kier alpha value is -4.53. The molecule has 0 spiro atoms. The summed E-state index contributed by atoms with van der Waals surface area (Å²) in [5.41, 5.74) is 7.55. The summed E-state index contributed by atoms with van der Waals surface area (Å²) in [4.78, 5) is 36.0. The molecule has 1 amide bonds. The molecular weight excluding hydrogens is 394 g/mol. The third-order valence-corrected chi connectivity index (χ3v) is 4.82. The Morgan fingerprint density at radius 3 is 2.71 bits per heavy atom. The lowest BCUT2D eigenvalue weighted by atomic mass is 10.2. The molecule has 3 N–H and O–H groups in total. The number of hydrogen-bond donors (Lipinski definition) is 3. The molecule has 0 atom stereocenters. The maximum Gasteiger partial charge on any atom is 0.271 e. The van der Waals surface area contributed by atoms with E-state index in [1.807, 2.05) is 30.3 Å². The SMILES string of the molecule is O=C(NNc1nc2ccccc2c(=O)[nH]1)c1cnc2c(cnn2Cc2ccccc2)c1. The number of amides is 1. The van der Waals surface area contributed by atoms with Crippen molar-refractivity contribution in [3.8, 4) is 0 Å². The van der Waals surface area contributed by atoms with Gasteiger partial charge in [0.05, 0.1) is 29.2 Å². The number of anilines is 1. The van der Waals surface area contributed by atoms with Crippen LogP contribution in [0.4, 0.5) is 5.95 Å². The third-order valence-electron chi connectivity index (χ3n) is 4.82. The second-order valence-corrected chi connectivity index (χ2v) is 6.94. The summed E-state index contributed by atoms with van der Waals surface area (Å²) in [6, 6.07) is 18.6. The van der Waals surface area contributed by atoms with Crippen LogP contribution in [-0.4, -0.2) is 30.6 Å². The van der Waals surface area contributed by atoms with Crippen LogP contribution in [0.5, 0.6) is 0 Å². The van der Waals surface area contributed by atoms with E-state index >= 15 is 0 Å². The first-order chi connectivity index (χ1) is 15.2. The molecule has 0 saturated carbocycles. The molecule has 152 valence electrons. The molecule has 0 fully saturated rings. The monoisotopic (exact) mass is 411 g/mol. The van der Waals surface area contributed by atoms with Crippen LogP contribution >= 0.6 is 0 Å². The number of rotatable bonds is 5. The predicted octanol–water partition coefficient (Wildman–Crippen LogP) is 2.47. The van der Waals surface area contributed by atoms with E-state index in [4.69, 9.17) is 0 Å². The van der Waals surface area contributed by atoms with Gasteiger partial charge in [-0.15, -0.1) is 0 Å². The van der Waals surface area contributed by atoms with Crippen LogP contribution in [0.15, 0.2) is 77.9 Å². The van der Waals surface area contributed by atoms with Gasteiger partial charge in [0.2, 0.25) is 5.95 Å². The number of para-hydroxylation sites is 1. The summed E-state index contributed by atoms with van der Waals surface area (Å²) in [5.74, 6) is -0.275. The highest BCUT2D eigenvalue weighted by molar-refractivity contribution is 5.97. The fraction of sp³-hybridized carbons (Fsp3) is 0.0455. The van der Waals surface area contributed by atoms with Gasteiger partial charge in [0.15, 0.2) is 5.65 Å². The van der Waals surface area contributed by atoms with E-state index in [0.29, 0.717) is 28.7 Å². The number of hydrazine groups is 1. The first kappa shape index (κ1) is 18.5. The number of H-pyrrole nitrogens is 1. The van der Waals surface area contributed by atoms with Crippen LogP contribution in [0.3, 0.4) is 0 Å². The molecule has 5 aromatic rings. The van der Waals surface area contributed by atoms with Crippen molar-refractivity contribution < 1.29 is 4.79 Å². The number of carbonyl (C=O) groups is 1. The molecule has 9 nitrogen and oxygen atoms in total. The van der Waals surface area contributed by atoms with Gasteiger partial charge in [-0.1, -0.05) is 42.5 Å². The lowest BCUT2D eigenvalue weighted by Gasteiger charge is -2.08. The normalized spacial score (nSPS) is 11.0. The van der Waals surface area contributed by atoms with Crippen molar-refractivity contribution in [1.29, 1.82) is 0 Å². The Morgan fingerprint density at radius 2 is 1.84 bits per heavy atom. The molecule has 5 rings (SSSR count). The lowest BCUT2D eigenvalue weighted by molar-refractivity contribution is 0.0962. The van der Waals surface area contributed by atoms with Crippen LogP contribution < -0.4 is 16.4 Å². The fourth-order valence-electron chi connectivity index (χ4n) is 3.30. The van der Waals surface area contributed by atoms with E-state index in [1.54, 1.807) is 41.2 Å². The van der Waals surface area contributed by atoms with E-state index in [2.05, 4.69) is 30.9 Å². The van der Waals surface area contributed by atoms with Crippen LogP contribution in [0.25, 0.3) is 21.9 Å². The zero-order valence-electron chi connectivity index (χ0n) is 16.2. The average molecular weight is 411 g/mol. The fourth-order valence-corrected chi connectivity index (χ4v) is 3.30. The predicted molar refractivity (Wildman–Crippen MR) is 117 cm³/mol. The molecule has 9 heteroatoms. The number of carbonyl (C=O) groups excluding carboxylic acids is 1. The molecule has 3 aromatic heterocycles. The van der Waals surface area contributed by atoms with Gasteiger partial charge in [-0.25, -0.2) is 14.6 Å². The second-order valence-electron chi connectivity index (χ2n) is 6.94. The Kier molecular flexibility index (Phi) is 4.60. The first-order valence-corrected chi connectivity index (χ1v) is 9.58. The van der Waals surface area contributed by atoms with Gasteiger partial charge < -0.3 is 0 Å². The minimum absolute atomic E-state index is 0.141. The highest BCUT2D eigenvalue weighted by Crippen LogP contribution is 2.15. The van der Waals surface area contributed by atoms with E-state index < -0.39 is 5.91 Å². The number of aromatic nitrogens is 5. The summed E-state index contributed by atoms with van der Waals surface area (Å²) in [7, 11) is 0. The summed E-state index contributed by atoms with van der Waals surface area (Å²) >= 11 is 0. The summed E-state index contributed by atoms with van der Waals surface area (Å²) in [5, 5.41) is 5.60. The summed E-state index contributed by atoms with van der Waals surface area (Å²) in [6.45, 7) is 0.589. The van der Waals surface area contributed by atoms with Crippen LogP contribution in [0, 0.1) is 0 Å².